The third-order valence-electron chi connectivity index (χ3n) is 5.02. The zero-order chi connectivity index (χ0) is 16.4. The van der Waals surface area contributed by atoms with Crippen molar-refractivity contribution in [1.82, 2.24) is 0 Å². The maximum absolute atomic E-state index is 6.12. The summed E-state index contributed by atoms with van der Waals surface area (Å²) in [5.74, 6) is 1.31. The van der Waals surface area contributed by atoms with Crippen LogP contribution in [0.1, 0.15) is 53.0 Å². The Morgan fingerprint density at radius 1 is 1.05 bits per heavy atom. The summed E-state index contributed by atoms with van der Waals surface area (Å²) < 4.78 is 17.4. The maximum Gasteiger partial charge on any atom is 0.460 e. The highest BCUT2D eigenvalue weighted by atomic mass is 16.7. The van der Waals surface area contributed by atoms with Crippen LogP contribution < -0.4 is 4.74 Å². The van der Waals surface area contributed by atoms with E-state index >= 15 is 0 Å². The van der Waals surface area contributed by atoms with Gasteiger partial charge >= 0.3 is 7.12 Å². The van der Waals surface area contributed by atoms with Crippen LogP contribution in [-0.2, 0) is 15.7 Å². The zero-order valence-electron chi connectivity index (χ0n) is 14.8. The number of methoxy groups -OCH3 is 1. The molecule has 0 radical (unpaired) electrons. The van der Waals surface area contributed by atoms with E-state index in [-0.39, 0.29) is 18.3 Å². The van der Waals surface area contributed by atoms with Crippen LogP contribution in [0.5, 0.6) is 5.75 Å². The van der Waals surface area contributed by atoms with Gasteiger partial charge < -0.3 is 14.0 Å². The molecule has 0 bridgehead atoms. The van der Waals surface area contributed by atoms with Gasteiger partial charge in [-0.1, -0.05) is 25.5 Å². The molecule has 1 aliphatic rings. The Hall–Kier alpha value is -0.995. The molecule has 0 spiro atoms. The summed E-state index contributed by atoms with van der Waals surface area (Å²) in [6.45, 7) is 10.7. The number of rotatable bonds is 6. The summed E-state index contributed by atoms with van der Waals surface area (Å²) in [5.41, 5.74) is 0.881. The van der Waals surface area contributed by atoms with E-state index in [1.807, 2.05) is 12.1 Å². The number of hydrogen-bond donors (Lipinski definition) is 0. The molecule has 22 heavy (non-hydrogen) atoms. The number of aryl methyl sites for hydroxylation is 1. The molecular formula is C18H29BO3. The monoisotopic (exact) mass is 304 g/mol. The lowest BCUT2D eigenvalue weighted by Gasteiger charge is -2.32. The van der Waals surface area contributed by atoms with Crippen LogP contribution in [-0.4, -0.2) is 25.4 Å². The Balaban J connectivity index is 1.79. The van der Waals surface area contributed by atoms with Crippen LogP contribution in [0.25, 0.3) is 0 Å². The molecule has 0 amide bonds. The van der Waals surface area contributed by atoms with Gasteiger partial charge in [0.2, 0.25) is 0 Å². The Kier molecular flexibility index (Phi) is 5.23. The molecule has 0 N–H and O–H groups in total. The fraction of sp³-hybridized carbons (Fsp3) is 0.667. The van der Waals surface area contributed by atoms with Crippen molar-refractivity contribution < 1.29 is 14.0 Å². The average Bonchev–Trinajstić information content (AvgIpc) is 2.68. The quantitative estimate of drug-likeness (QED) is 0.724. The highest BCUT2D eigenvalue weighted by molar-refractivity contribution is 6.47. The second kappa shape index (κ2) is 6.63. The second-order valence-electron chi connectivity index (χ2n) is 7.34. The van der Waals surface area contributed by atoms with Crippen molar-refractivity contribution in [3.8, 4) is 5.75 Å². The van der Waals surface area contributed by atoms with Crippen molar-refractivity contribution in [3.05, 3.63) is 29.8 Å². The molecule has 122 valence electrons. The van der Waals surface area contributed by atoms with Crippen LogP contribution in [0.4, 0.5) is 0 Å². The van der Waals surface area contributed by atoms with Gasteiger partial charge in [0.15, 0.2) is 0 Å². The minimum Gasteiger partial charge on any atom is -0.497 e. The van der Waals surface area contributed by atoms with Gasteiger partial charge in [0.1, 0.15) is 5.75 Å². The van der Waals surface area contributed by atoms with Gasteiger partial charge in [0.05, 0.1) is 18.3 Å². The molecule has 2 rings (SSSR count). The van der Waals surface area contributed by atoms with E-state index in [0.717, 1.165) is 25.0 Å². The first-order chi connectivity index (χ1) is 10.2. The van der Waals surface area contributed by atoms with E-state index in [2.05, 4.69) is 46.8 Å². The summed E-state index contributed by atoms with van der Waals surface area (Å²) in [6.07, 6.45) is 3.31. The normalized spacial score (nSPS) is 20.9. The Labute approximate surface area is 135 Å². The fourth-order valence-electron chi connectivity index (χ4n) is 2.68. The number of ether oxygens (including phenoxy) is 1. The molecule has 1 aromatic carbocycles. The summed E-state index contributed by atoms with van der Waals surface area (Å²) in [4.78, 5) is 0. The van der Waals surface area contributed by atoms with Gasteiger partial charge in [-0.25, -0.2) is 0 Å². The van der Waals surface area contributed by atoms with E-state index in [9.17, 15) is 0 Å². The summed E-state index contributed by atoms with van der Waals surface area (Å²) in [5, 5.41) is 0. The first kappa shape index (κ1) is 17.4. The van der Waals surface area contributed by atoms with Crippen molar-refractivity contribution in [2.45, 2.75) is 70.9 Å². The average molecular weight is 304 g/mol. The maximum atomic E-state index is 6.12. The molecule has 1 fully saturated rings. The van der Waals surface area contributed by atoms with Crippen molar-refractivity contribution in [1.29, 1.82) is 0 Å². The third kappa shape index (κ3) is 3.85. The van der Waals surface area contributed by atoms with Gasteiger partial charge in [-0.15, -0.1) is 0 Å². The second-order valence-corrected chi connectivity index (χ2v) is 7.34. The lowest BCUT2D eigenvalue weighted by molar-refractivity contribution is 0.00578. The summed E-state index contributed by atoms with van der Waals surface area (Å²) in [7, 11) is 1.60. The minimum absolute atomic E-state index is 0.0964. The molecule has 0 aliphatic carbocycles. The molecule has 1 heterocycles. The van der Waals surface area contributed by atoms with Gasteiger partial charge in [0, 0.05) is 0 Å². The molecule has 0 aromatic heterocycles. The molecule has 1 saturated heterocycles. The lowest BCUT2D eigenvalue weighted by Crippen LogP contribution is -2.41. The highest BCUT2D eigenvalue weighted by Crippen LogP contribution is 2.40. The van der Waals surface area contributed by atoms with Gasteiger partial charge in [-0.05, 0) is 64.1 Å². The Morgan fingerprint density at radius 3 is 2.09 bits per heavy atom. The van der Waals surface area contributed by atoms with Crippen LogP contribution in [0.15, 0.2) is 24.3 Å². The van der Waals surface area contributed by atoms with Crippen LogP contribution in [0.3, 0.4) is 0 Å². The highest BCUT2D eigenvalue weighted by Gasteiger charge is 2.52. The summed E-state index contributed by atoms with van der Waals surface area (Å²) in [6, 6.07) is 8.32. The van der Waals surface area contributed by atoms with Crippen LogP contribution in [0.2, 0.25) is 5.82 Å². The van der Waals surface area contributed by atoms with E-state index in [0.29, 0.717) is 5.82 Å². The summed E-state index contributed by atoms with van der Waals surface area (Å²) >= 11 is 0. The molecule has 0 unspecified atom stereocenters. The lowest BCUT2D eigenvalue weighted by atomic mass is 9.70. The van der Waals surface area contributed by atoms with E-state index in [1.54, 1.807) is 7.11 Å². The first-order valence-electron chi connectivity index (χ1n) is 8.24. The molecular weight excluding hydrogens is 275 g/mol. The topological polar surface area (TPSA) is 27.7 Å². The largest absolute Gasteiger partial charge is 0.497 e. The number of hydrogen-bond acceptors (Lipinski definition) is 3. The van der Waals surface area contributed by atoms with E-state index in [4.69, 9.17) is 14.0 Å². The van der Waals surface area contributed by atoms with Crippen LogP contribution >= 0.6 is 0 Å². The van der Waals surface area contributed by atoms with E-state index < -0.39 is 0 Å². The van der Waals surface area contributed by atoms with E-state index in [1.165, 1.54) is 5.56 Å². The molecule has 4 heteroatoms. The zero-order valence-corrected chi connectivity index (χ0v) is 14.8. The first-order valence-corrected chi connectivity index (χ1v) is 8.24. The Bertz CT molecular complexity index is 466. The smallest absolute Gasteiger partial charge is 0.460 e. The standard InChI is InChI=1S/C18H29BO3/c1-14(19-21-17(2,3)18(4,5)22-19)8-7-9-15-10-12-16(20-6)13-11-15/h10-14H,7-9H2,1-6H3/t14-/m0/s1. The van der Waals surface area contributed by atoms with Crippen LogP contribution in [0, 0.1) is 0 Å². The third-order valence-corrected chi connectivity index (χ3v) is 5.02. The van der Waals surface area contributed by atoms with Crippen molar-refractivity contribution >= 4 is 7.12 Å². The predicted octanol–water partition coefficient (Wildman–Crippen LogP) is 4.50. The van der Waals surface area contributed by atoms with Crippen molar-refractivity contribution in [2.75, 3.05) is 7.11 Å². The molecule has 1 aromatic rings. The van der Waals surface area contributed by atoms with Crippen molar-refractivity contribution in [3.63, 3.8) is 0 Å². The molecule has 1 aliphatic heterocycles. The Morgan fingerprint density at radius 2 is 1.59 bits per heavy atom. The molecule has 0 saturated carbocycles. The van der Waals surface area contributed by atoms with Gasteiger partial charge in [0.25, 0.3) is 0 Å². The van der Waals surface area contributed by atoms with Crippen molar-refractivity contribution in [2.24, 2.45) is 0 Å². The van der Waals surface area contributed by atoms with Gasteiger partial charge in [-0.2, -0.15) is 0 Å². The SMILES string of the molecule is COc1ccc(CCC[C@H](C)B2OC(C)(C)C(C)(C)O2)cc1. The molecule has 1 atom stereocenters. The fourth-order valence-corrected chi connectivity index (χ4v) is 2.68. The minimum atomic E-state index is -0.234. The predicted molar refractivity (Wildman–Crippen MR) is 91.4 cm³/mol. The van der Waals surface area contributed by atoms with Gasteiger partial charge in [-0.3, -0.25) is 0 Å². The molecule has 3 nitrogen and oxygen atoms in total. The number of benzene rings is 1.